The van der Waals surface area contributed by atoms with E-state index in [9.17, 15) is 4.79 Å². The van der Waals surface area contributed by atoms with Crippen LogP contribution in [-0.4, -0.2) is 12.5 Å². The second-order valence-electron chi connectivity index (χ2n) is 5.13. The van der Waals surface area contributed by atoms with Gasteiger partial charge in [0.1, 0.15) is 0 Å². The molecule has 1 aromatic rings. The lowest BCUT2D eigenvalue weighted by molar-refractivity contribution is -0.115. The van der Waals surface area contributed by atoms with E-state index < -0.39 is 0 Å². The first-order valence-corrected chi connectivity index (χ1v) is 7.55. The first-order valence-electron chi connectivity index (χ1n) is 7.17. The average Bonchev–Trinajstić information content (AvgIpc) is 2.48. The van der Waals surface area contributed by atoms with Crippen molar-refractivity contribution in [1.29, 1.82) is 0 Å². The molecule has 20 heavy (non-hydrogen) atoms. The van der Waals surface area contributed by atoms with Crippen LogP contribution in [0.5, 0.6) is 0 Å². The van der Waals surface area contributed by atoms with Gasteiger partial charge in [0.2, 0.25) is 5.91 Å². The lowest BCUT2D eigenvalue weighted by atomic mass is 9.94. The summed E-state index contributed by atoms with van der Waals surface area (Å²) in [5.41, 5.74) is 1.67. The van der Waals surface area contributed by atoms with Crippen LogP contribution in [0.25, 0.3) is 0 Å². The van der Waals surface area contributed by atoms with E-state index in [-0.39, 0.29) is 5.91 Å². The molecule has 0 fully saturated rings. The summed E-state index contributed by atoms with van der Waals surface area (Å²) in [5.74, 6) is 0.667. The Morgan fingerprint density at radius 2 is 2.25 bits per heavy atom. The van der Waals surface area contributed by atoms with Gasteiger partial charge in [-0.05, 0) is 43.4 Å². The van der Waals surface area contributed by atoms with E-state index in [0.29, 0.717) is 17.4 Å². The van der Waals surface area contributed by atoms with Crippen molar-refractivity contribution in [3.63, 3.8) is 0 Å². The highest BCUT2D eigenvalue weighted by atomic mass is 35.5. The molecule has 4 heteroatoms. The van der Waals surface area contributed by atoms with E-state index in [4.69, 9.17) is 11.6 Å². The van der Waals surface area contributed by atoms with Crippen LogP contribution in [0.15, 0.2) is 30.4 Å². The lowest BCUT2D eigenvalue weighted by Gasteiger charge is -2.19. The third kappa shape index (κ3) is 4.27. The number of allylic oxidation sites excluding steroid dienone is 2. The van der Waals surface area contributed by atoms with Crippen molar-refractivity contribution in [2.45, 2.75) is 32.6 Å². The van der Waals surface area contributed by atoms with E-state index in [1.165, 1.54) is 6.42 Å². The number of nitrogens with one attached hydrogen (secondary N) is 2. The third-order valence-electron chi connectivity index (χ3n) is 3.53. The molecule has 0 radical (unpaired) electrons. The molecule has 0 aromatic heterocycles. The number of hydrogen-bond acceptors (Lipinski definition) is 2. The molecule has 1 aromatic carbocycles. The number of carbonyl (C=O) groups excluding carboxylic acids is 1. The SMILES string of the molecule is CCC(=O)Nc1ccc(Cl)c(NCC2CC=CCC2)c1. The molecule has 2 rings (SSSR count). The molecule has 1 amide bonds. The zero-order chi connectivity index (χ0) is 14.4. The number of rotatable bonds is 5. The van der Waals surface area contributed by atoms with Crippen molar-refractivity contribution >= 4 is 28.9 Å². The molecule has 1 unspecified atom stereocenters. The Kier molecular flexibility index (Phi) is 5.48. The third-order valence-corrected chi connectivity index (χ3v) is 3.86. The van der Waals surface area contributed by atoms with Crippen LogP contribution in [0.3, 0.4) is 0 Å². The van der Waals surface area contributed by atoms with E-state index in [1.54, 1.807) is 0 Å². The standard InChI is InChI=1S/C16H21ClN2O/c1-2-16(20)19-13-8-9-14(17)15(10-13)18-11-12-6-4-3-5-7-12/h3-4,8-10,12,18H,2,5-7,11H2,1H3,(H,19,20). The topological polar surface area (TPSA) is 41.1 Å². The summed E-state index contributed by atoms with van der Waals surface area (Å²) in [6.45, 7) is 2.75. The fraction of sp³-hybridized carbons (Fsp3) is 0.438. The minimum absolute atomic E-state index is 0.00990. The van der Waals surface area contributed by atoms with Crippen molar-refractivity contribution in [3.05, 3.63) is 35.4 Å². The minimum atomic E-state index is 0.00990. The van der Waals surface area contributed by atoms with Gasteiger partial charge in [-0.25, -0.2) is 0 Å². The van der Waals surface area contributed by atoms with Crippen LogP contribution in [0.2, 0.25) is 5.02 Å². The molecule has 0 spiro atoms. The molecular weight excluding hydrogens is 272 g/mol. The molecule has 1 atom stereocenters. The summed E-state index contributed by atoms with van der Waals surface area (Å²) in [5, 5.41) is 6.93. The van der Waals surface area contributed by atoms with E-state index in [0.717, 1.165) is 30.8 Å². The normalized spacial score (nSPS) is 17.8. The molecule has 3 nitrogen and oxygen atoms in total. The van der Waals surface area contributed by atoms with Gasteiger partial charge in [-0.2, -0.15) is 0 Å². The highest BCUT2D eigenvalue weighted by molar-refractivity contribution is 6.33. The summed E-state index contributed by atoms with van der Waals surface area (Å²) in [6, 6.07) is 5.54. The maximum absolute atomic E-state index is 11.4. The minimum Gasteiger partial charge on any atom is -0.383 e. The average molecular weight is 293 g/mol. The van der Waals surface area contributed by atoms with Crippen LogP contribution in [0.4, 0.5) is 11.4 Å². The van der Waals surface area contributed by atoms with Crippen molar-refractivity contribution in [1.82, 2.24) is 0 Å². The number of anilines is 2. The molecule has 108 valence electrons. The summed E-state index contributed by atoms with van der Waals surface area (Å²) in [4.78, 5) is 11.4. The zero-order valence-electron chi connectivity index (χ0n) is 11.8. The summed E-state index contributed by atoms with van der Waals surface area (Å²) < 4.78 is 0. The second-order valence-corrected chi connectivity index (χ2v) is 5.53. The molecule has 0 aliphatic heterocycles. The first kappa shape index (κ1) is 14.9. The largest absolute Gasteiger partial charge is 0.383 e. The highest BCUT2D eigenvalue weighted by Gasteiger charge is 2.11. The van der Waals surface area contributed by atoms with Gasteiger partial charge >= 0.3 is 0 Å². The van der Waals surface area contributed by atoms with Crippen molar-refractivity contribution in [3.8, 4) is 0 Å². The van der Waals surface area contributed by atoms with Crippen LogP contribution >= 0.6 is 11.6 Å². The van der Waals surface area contributed by atoms with Crippen LogP contribution in [0, 0.1) is 5.92 Å². The van der Waals surface area contributed by atoms with Gasteiger partial charge in [-0.3, -0.25) is 4.79 Å². The molecular formula is C16H21ClN2O. The van der Waals surface area contributed by atoms with Gasteiger partial charge in [-0.1, -0.05) is 30.7 Å². The van der Waals surface area contributed by atoms with E-state index >= 15 is 0 Å². The van der Waals surface area contributed by atoms with Crippen molar-refractivity contribution in [2.75, 3.05) is 17.2 Å². The molecule has 0 heterocycles. The predicted octanol–water partition coefficient (Wildman–Crippen LogP) is 4.46. The van der Waals surface area contributed by atoms with Crippen LogP contribution in [0.1, 0.15) is 32.6 Å². The Morgan fingerprint density at radius 1 is 1.40 bits per heavy atom. The van der Waals surface area contributed by atoms with Crippen LogP contribution < -0.4 is 10.6 Å². The molecule has 0 bridgehead atoms. The summed E-state index contributed by atoms with van der Waals surface area (Å²) in [6.07, 6.45) is 8.45. The Morgan fingerprint density at radius 3 is 2.95 bits per heavy atom. The second kappa shape index (κ2) is 7.34. The van der Waals surface area contributed by atoms with Gasteiger partial charge in [0.05, 0.1) is 10.7 Å². The van der Waals surface area contributed by atoms with Crippen molar-refractivity contribution in [2.24, 2.45) is 5.92 Å². The van der Waals surface area contributed by atoms with E-state index in [1.807, 2.05) is 25.1 Å². The first-order chi connectivity index (χ1) is 9.69. The van der Waals surface area contributed by atoms with E-state index in [2.05, 4.69) is 22.8 Å². The van der Waals surface area contributed by atoms with Crippen molar-refractivity contribution < 1.29 is 4.79 Å². The van der Waals surface area contributed by atoms with Gasteiger partial charge < -0.3 is 10.6 Å². The number of carbonyl (C=O) groups is 1. The number of benzene rings is 1. The summed E-state index contributed by atoms with van der Waals surface area (Å²) >= 11 is 6.20. The number of hydrogen-bond donors (Lipinski definition) is 2. The number of halogens is 1. The Balaban J connectivity index is 1.97. The maximum Gasteiger partial charge on any atom is 0.224 e. The molecule has 0 saturated carbocycles. The Labute approximate surface area is 125 Å². The summed E-state index contributed by atoms with van der Waals surface area (Å²) in [7, 11) is 0. The Hall–Kier alpha value is -1.48. The van der Waals surface area contributed by atoms with Gasteiger partial charge in [0.15, 0.2) is 0 Å². The predicted molar refractivity (Wildman–Crippen MR) is 85.3 cm³/mol. The highest BCUT2D eigenvalue weighted by Crippen LogP contribution is 2.27. The fourth-order valence-corrected chi connectivity index (χ4v) is 2.47. The zero-order valence-corrected chi connectivity index (χ0v) is 12.5. The molecule has 1 aliphatic rings. The van der Waals surface area contributed by atoms with Crippen LogP contribution in [-0.2, 0) is 4.79 Å². The molecule has 2 N–H and O–H groups in total. The van der Waals surface area contributed by atoms with Gasteiger partial charge in [0.25, 0.3) is 0 Å². The van der Waals surface area contributed by atoms with Gasteiger partial charge in [0, 0.05) is 18.7 Å². The Bertz CT molecular complexity index is 499. The molecule has 1 aliphatic carbocycles. The fourth-order valence-electron chi connectivity index (χ4n) is 2.28. The lowest BCUT2D eigenvalue weighted by Crippen LogP contribution is -2.16. The quantitative estimate of drug-likeness (QED) is 0.787. The number of amides is 1. The maximum atomic E-state index is 11.4. The smallest absolute Gasteiger partial charge is 0.224 e. The molecule has 0 saturated heterocycles. The monoisotopic (exact) mass is 292 g/mol. The van der Waals surface area contributed by atoms with Gasteiger partial charge in [-0.15, -0.1) is 0 Å².